The third-order valence-electron chi connectivity index (χ3n) is 11.1. The molecular weight excluding hydrogens is 653 g/mol. The van der Waals surface area contributed by atoms with Gasteiger partial charge in [0.05, 0.1) is 27.8 Å². The summed E-state index contributed by atoms with van der Waals surface area (Å²) in [5.74, 6) is 0. The molecule has 11 rings (SSSR count). The average molecular weight is 687 g/mol. The van der Waals surface area contributed by atoms with Gasteiger partial charge in [-0.25, -0.2) is 0 Å². The van der Waals surface area contributed by atoms with Crippen LogP contribution in [0.1, 0.15) is 0 Å². The number of nitrogens with zero attached hydrogens (tertiary/aromatic N) is 2. The second kappa shape index (κ2) is 12.2. The van der Waals surface area contributed by atoms with Crippen molar-refractivity contribution in [1.29, 1.82) is 0 Å². The topological polar surface area (TPSA) is 9.86 Å². The largest absolute Gasteiger partial charge is 0.309 e. The zero-order chi connectivity index (χ0) is 35.6. The van der Waals surface area contributed by atoms with Crippen LogP contribution in [0, 0.1) is 0 Å². The van der Waals surface area contributed by atoms with Crippen LogP contribution >= 0.6 is 0 Å². The Labute approximate surface area is 313 Å². The van der Waals surface area contributed by atoms with Crippen molar-refractivity contribution in [1.82, 2.24) is 9.13 Å². The number of hydrogen-bond donors (Lipinski definition) is 0. The fourth-order valence-corrected chi connectivity index (χ4v) is 8.55. The van der Waals surface area contributed by atoms with Crippen molar-refractivity contribution >= 4 is 54.4 Å². The minimum atomic E-state index is 1.16. The van der Waals surface area contributed by atoms with Gasteiger partial charge in [-0.15, -0.1) is 0 Å². The molecule has 0 aliphatic heterocycles. The second-order valence-electron chi connectivity index (χ2n) is 14.2. The standard InChI is InChI=1S/C52H34N2/c1-2-12-35(13-3-1)37-24-28-42(29-25-37)53-49-20-10-7-17-44(49)46-33-39(26-30-51(46)53)40-27-31-52-47(34-40)45-18-8-11-21-50(45)54(52)48-19-9-6-16-43(48)41-23-22-36-14-4-5-15-38(36)32-41/h1-34H. The molecule has 252 valence electrons. The van der Waals surface area contributed by atoms with E-state index in [4.69, 9.17) is 0 Å². The SMILES string of the molecule is c1ccc(-c2ccc(-n3c4ccccc4c4cc(-c5ccc6c(c5)c5ccccc5n6-c5ccccc5-c5ccc6ccccc6c5)ccc43)cc2)cc1. The Morgan fingerprint density at radius 1 is 0.259 bits per heavy atom. The van der Waals surface area contributed by atoms with Gasteiger partial charge in [-0.2, -0.15) is 0 Å². The normalized spacial score (nSPS) is 11.7. The van der Waals surface area contributed by atoms with Crippen LogP contribution in [0.15, 0.2) is 206 Å². The molecule has 2 aromatic heterocycles. The molecule has 0 fully saturated rings. The van der Waals surface area contributed by atoms with Gasteiger partial charge in [0.25, 0.3) is 0 Å². The van der Waals surface area contributed by atoms with E-state index in [9.17, 15) is 0 Å². The van der Waals surface area contributed by atoms with E-state index in [0.29, 0.717) is 0 Å². The molecule has 0 N–H and O–H groups in total. The van der Waals surface area contributed by atoms with E-state index in [2.05, 4.69) is 215 Å². The number of fused-ring (bicyclic) bond motifs is 7. The molecule has 0 amide bonds. The van der Waals surface area contributed by atoms with Crippen molar-refractivity contribution in [3.63, 3.8) is 0 Å². The van der Waals surface area contributed by atoms with Crippen LogP contribution in [0.3, 0.4) is 0 Å². The Balaban J connectivity index is 1.05. The molecule has 0 spiro atoms. The molecule has 0 saturated heterocycles. The number of hydrogen-bond acceptors (Lipinski definition) is 0. The van der Waals surface area contributed by atoms with Gasteiger partial charge < -0.3 is 9.13 Å². The van der Waals surface area contributed by atoms with E-state index < -0.39 is 0 Å². The summed E-state index contributed by atoms with van der Waals surface area (Å²) < 4.78 is 4.84. The molecule has 2 nitrogen and oxygen atoms in total. The van der Waals surface area contributed by atoms with Gasteiger partial charge in [0, 0.05) is 32.8 Å². The quantitative estimate of drug-likeness (QED) is 0.171. The zero-order valence-corrected chi connectivity index (χ0v) is 29.5. The predicted octanol–water partition coefficient (Wildman–Crippen LogP) is 14.0. The van der Waals surface area contributed by atoms with Crippen molar-refractivity contribution < 1.29 is 0 Å². The first-order chi connectivity index (χ1) is 26.8. The molecular formula is C52H34N2. The third-order valence-corrected chi connectivity index (χ3v) is 11.1. The first kappa shape index (κ1) is 30.5. The summed E-state index contributed by atoms with van der Waals surface area (Å²) in [6.45, 7) is 0. The summed E-state index contributed by atoms with van der Waals surface area (Å²) in [7, 11) is 0. The lowest BCUT2D eigenvalue weighted by Crippen LogP contribution is -1.97. The number of aromatic nitrogens is 2. The van der Waals surface area contributed by atoms with Gasteiger partial charge in [-0.1, -0.05) is 146 Å². The molecule has 2 heterocycles. The highest BCUT2D eigenvalue weighted by atomic mass is 15.0. The number of rotatable bonds is 5. The van der Waals surface area contributed by atoms with Crippen LogP contribution in [0.2, 0.25) is 0 Å². The minimum Gasteiger partial charge on any atom is -0.309 e. The van der Waals surface area contributed by atoms with Crippen LogP contribution in [0.5, 0.6) is 0 Å². The monoisotopic (exact) mass is 686 g/mol. The average Bonchev–Trinajstić information content (AvgIpc) is 3.76. The van der Waals surface area contributed by atoms with E-state index >= 15 is 0 Å². The number of para-hydroxylation sites is 3. The van der Waals surface area contributed by atoms with E-state index in [1.807, 2.05) is 0 Å². The van der Waals surface area contributed by atoms with Crippen molar-refractivity contribution in [3.8, 4) is 44.8 Å². The Kier molecular flexibility index (Phi) is 6.90. The highest BCUT2D eigenvalue weighted by Crippen LogP contribution is 2.40. The molecule has 9 aromatic carbocycles. The number of benzene rings is 9. The van der Waals surface area contributed by atoms with Crippen LogP contribution < -0.4 is 0 Å². The van der Waals surface area contributed by atoms with Gasteiger partial charge in [0.15, 0.2) is 0 Å². The molecule has 2 heteroatoms. The summed E-state index contributed by atoms with van der Waals surface area (Å²) in [6.07, 6.45) is 0. The molecule has 11 aromatic rings. The van der Waals surface area contributed by atoms with Crippen LogP contribution in [-0.4, -0.2) is 9.13 Å². The summed E-state index contributed by atoms with van der Waals surface area (Å²) in [5.41, 5.74) is 14.4. The van der Waals surface area contributed by atoms with Gasteiger partial charge in [-0.3, -0.25) is 0 Å². The smallest absolute Gasteiger partial charge is 0.0541 e. The second-order valence-corrected chi connectivity index (χ2v) is 14.2. The summed E-state index contributed by atoms with van der Waals surface area (Å²) in [5, 5.41) is 7.50. The first-order valence-electron chi connectivity index (χ1n) is 18.6. The summed E-state index contributed by atoms with van der Waals surface area (Å²) >= 11 is 0. The van der Waals surface area contributed by atoms with E-state index in [-0.39, 0.29) is 0 Å². The Morgan fingerprint density at radius 2 is 0.759 bits per heavy atom. The molecule has 0 atom stereocenters. The Bertz CT molecular complexity index is 3200. The van der Waals surface area contributed by atoms with Crippen molar-refractivity contribution in [2.24, 2.45) is 0 Å². The van der Waals surface area contributed by atoms with E-state index in [1.54, 1.807) is 0 Å². The van der Waals surface area contributed by atoms with E-state index in [1.165, 1.54) is 93.5 Å². The first-order valence-corrected chi connectivity index (χ1v) is 18.6. The maximum absolute atomic E-state index is 2.44. The van der Waals surface area contributed by atoms with Crippen LogP contribution in [0.4, 0.5) is 0 Å². The molecule has 0 saturated carbocycles. The lowest BCUT2D eigenvalue weighted by Gasteiger charge is -2.15. The van der Waals surface area contributed by atoms with Crippen molar-refractivity contribution in [2.75, 3.05) is 0 Å². The lowest BCUT2D eigenvalue weighted by atomic mass is 9.99. The van der Waals surface area contributed by atoms with Gasteiger partial charge in [0.2, 0.25) is 0 Å². The highest BCUT2D eigenvalue weighted by molar-refractivity contribution is 6.13. The molecule has 0 radical (unpaired) electrons. The summed E-state index contributed by atoms with van der Waals surface area (Å²) in [6, 6.07) is 75.2. The molecule has 54 heavy (non-hydrogen) atoms. The van der Waals surface area contributed by atoms with Crippen LogP contribution in [-0.2, 0) is 0 Å². The third kappa shape index (κ3) is 4.81. The highest BCUT2D eigenvalue weighted by Gasteiger charge is 2.18. The minimum absolute atomic E-state index is 1.16. The molecule has 0 bridgehead atoms. The maximum Gasteiger partial charge on any atom is 0.0541 e. The fourth-order valence-electron chi connectivity index (χ4n) is 8.55. The van der Waals surface area contributed by atoms with Crippen LogP contribution in [0.25, 0.3) is 99.1 Å². The fraction of sp³-hybridized carbons (Fsp3) is 0. The van der Waals surface area contributed by atoms with Gasteiger partial charge in [-0.05, 0) is 99.3 Å². The van der Waals surface area contributed by atoms with Crippen molar-refractivity contribution in [2.45, 2.75) is 0 Å². The van der Waals surface area contributed by atoms with E-state index in [0.717, 1.165) is 5.69 Å². The Hall–Kier alpha value is -7.16. The zero-order valence-electron chi connectivity index (χ0n) is 29.5. The Morgan fingerprint density at radius 3 is 1.48 bits per heavy atom. The predicted molar refractivity (Wildman–Crippen MR) is 229 cm³/mol. The molecule has 0 unspecified atom stereocenters. The lowest BCUT2D eigenvalue weighted by molar-refractivity contribution is 1.18. The summed E-state index contributed by atoms with van der Waals surface area (Å²) in [4.78, 5) is 0. The van der Waals surface area contributed by atoms with Crippen molar-refractivity contribution in [3.05, 3.63) is 206 Å². The molecule has 0 aliphatic rings. The molecule has 0 aliphatic carbocycles. The van der Waals surface area contributed by atoms with Gasteiger partial charge >= 0.3 is 0 Å². The maximum atomic E-state index is 2.44. The van der Waals surface area contributed by atoms with Gasteiger partial charge in [0.1, 0.15) is 0 Å².